The minimum atomic E-state index is -0.308. The van der Waals surface area contributed by atoms with Gasteiger partial charge < -0.3 is 5.32 Å². The average Bonchev–Trinajstić information content (AvgIpc) is 2.80. The summed E-state index contributed by atoms with van der Waals surface area (Å²) in [4.78, 5) is 4.18. The molecule has 108 valence electrons. The maximum atomic E-state index is 13.0. The first-order chi connectivity index (χ1) is 9.63. The molecular weight excluding hydrogens is 255 g/mol. The van der Waals surface area contributed by atoms with Gasteiger partial charge in [-0.1, -0.05) is 13.8 Å². The zero-order valence-corrected chi connectivity index (χ0v) is 12.2. The molecule has 0 aromatic carbocycles. The summed E-state index contributed by atoms with van der Waals surface area (Å²) in [5.74, 6) is -0.308. The molecule has 1 unspecified atom stereocenters. The lowest BCUT2D eigenvalue weighted by Crippen LogP contribution is -2.24. The van der Waals surface area contributed by atoms with Gasteiger partial charge in [-0.15, -0.1) is 0 Å². The van der Waals surface area contributed by atoms with Crippen molar-refractivity contribution in [1.82, 2.24) is 20.1 Å². The summed E-state index contributed by atoms with van der Waals surface area (Å²) in [6, 6.07) is 5.38. The Morgan fingerprint density at radius 2 is 2.15 bits per heavy atom. The summed E-state index contributed by atoms with van der Waals surface area (Å²) in [5, 5.41) is 7.85. The first kappa shape index (κ1) is 14.7. The summed E-state index contributed by atoms with van der Waals surface area (Å²) in [5.41, 5.74) is 3.09. The fourth-order valence-electron chi connectivity index (χ4n) is 2.27. The van der Waals surface area contributed by atoms with Crippen LogP contribution in [0.5, 0.6) is 0 Å². The van der Waals surface area contributed by atoms with Gasteiger partial charge in [0, 0.05) is 19.2 Å². The molecule has 2 rings (SSSR count). The highest BCUT2D eigenvalue weighted by Gasteiger charge is 2.15. The molecule has 2 heterocycles. The quantitative estimate of drug-likeness (QED) is 0.881. The highest BCUT2D eigenvalue weighted by molar-refractivity contribution is 5.16. The number of nitrogens with one attached hydrogen (secondary N) is 1. The highest BCUT2D eigenvalue weighted by Crippen LogP contribution is 2.17. The smallest absolute Gasteiger partial charge is 0.141 e. The Labute approximate surface area is 119 Å². The van der Waals surface area contributed by atoms with Crippen LogP contribution in [0.4, 0.5) is 4.39 Å². The minimum absolute atomic E-state index is 0.0701. The van der Waals surface area contributed by atoms with Crippen molar-refractivity contribution in [2.24, 2.45) is 7.05 Å². The third-order valence-corrected chi connectivity index (χ3v) is 3.36. The van der Waals surface area contributed by atoms with Crippen LogP contribution in [0.3, 0.4) is 0 Å². The van der Waals surface area contributed by atoms with E-state index in [1.54, 1.807) is 6.07 Å². The molecule has 0 bridgehead atoms. The first-order valence-corrected chi connectivity index (χ1v) is 7.00. The first-order valence-electron chi connectivity index (χ1n) is 7.00. The molecule has 0 aliphatic carbocycles. The van der Waals surface area contributed by atoms with Gasteiger partial charge in [0.25, 0.3) is 0 Å². The third-order valence-electron chi connectivity index (χ3n) is 3.36. The number of aromatic nitrogens is 3. The van der Waals surface area contributed by atoms with E-state index in [9.17, 15) is 4.39 Å². The van der Waals surface area contributed by atoms with Crippen molar-refractivity contribution in [1.29, 1.82) is 0 Å². The van der Waals surface area contributed by atoms with Crippen LogP contribution in [0.2, 0.25) is 0 Å². The Morgan fingerprint density at radius 3 is 2.70 bits per heavy atom. The van der Waals surface area contributed by atoms with Crippen LogP contribution in [0.1, 0.15) is 37.0 Å². The number of halogens is 1. The van der Waals surface area contributed by atoms with Crippen molar-refractivity contribution in [3.63, 3.8) is 0 Å². The van der Waals surface area contributed by atoms with Crippen LogP contribution < -0.4 is 5.32 Å². The summed E-state index contributed by atoms with van der Waals surface area (Å²) >= 11 is 0. The Hall–Kier alpha value is -1.75. The van der Waals surface area contributed by atoms with E-state index in [2.05, 4.69) is 35.3 Å². The second kappa shape index (κ2) is 6.61. The minimum Gasteiger partial charge on any atom is -0.309 e. The molecule has 1 N–H and O–H groups in total. The number of hydrogen-bond donors (Lipinski definition) is 1. The molecule has 0 aliphatic heterocycles. The molecule has 0 amide bonds. The summed E-state index contributed by atoms with van der Waals surface area (Å²) < 4.78 is 14.9. The van der Waals surface area contributed by atoms with E-state index >= 15 is 0 Å². The number of nitrogens with zero attached hydrogens (tertiary/aromatic N) is 3. The molecular formula is C15H21FN4. The number of likely N-dealkylation sites (N-methyl/N-ethyl adjacent to an activating group) is 1. The fraction of sp³-hybridized carbons (Fsp3) is 0.467. The van der Waals surface area contributed by atoms with Gasteiger partial charge in [0.05, 0.1) is 23.6 Å². The number of rotatable bonds is 6. The topological polar surface area (TPSA) is 42.7 Å². The maximum Gasteiger partial charge on any atom is 0.141 e. The Balaban J connectivity index is 2.20. The largest absolute Gasteiger partial charge is 0.309 e. The lowest BCUT2D eigenvalue weighted by atomic mass is 10.1. The summed E-state index contributed by atoms with van der Waals surface area (Å²) in [6.07, 6.45) is 2.98. The van der Waals surface area contributed by atoms with Gasteiger partial charge in [-0.25, -0.2) is 4.39 Å². The van der Waals surface area contributed by atoms with Gasteiger partial charge in [0.1, 0.15) is 5.82 Å². The van der Waals surface area contributed by atoms with E-state index in [-0.39, 0.29) is 11.9 Å². The molecule has 0 spiro atoms. The number of pyridine rings is 1. The second-order valence-electron chi connectivity index (χ2n) is 4.82. The van der Waals surface area contributed by atoms with Crippen LogP contribution in [0.15, 0.2) is 24.4 Å². The molecule has 5 heteroatoms. The van der Waals surface area contributed by atoms with Crippen molar-refractivity contribution in [2.75, 3.05) is 6.54 Å². The van der Waals surface area contributed by atoms with Gasteiger partial charge in [0.2, 0.25) is 0 Å². The molecule has 0 fully saturated rings. The van der Waals surface area contributed by atoms with E-state index < -0.39 is 0 Å². The van der Waals surface area contributed by atoms with Crippen molar-refractivity contribution >= 4 is 0 Å². The van der Waals surface area contributed by atoms with Crippen molar-refractivity contribution in [3.8, 4) is 0 Å². The highest BCUT2D eigenvalue weighted by atomic mass is 19.1. The number of hydrogen-bond acceptors (Lipinski definition) is 3. The van der Waals surface area contributed by atoms with Crippen molar-refractivity contribution < 1.29 is 4.39 Å². The van der Waals surface area contributed by atoms with Crippen LogP contribution in [-0.4, -0.2) is 21.3 Å². The van der Waals surface area contributed by atoms with Crippen LogP contribution in [0.25, 0.3) is 0 Å². The molecule has 1 atom stereocenters. The number of aryl methyl sites for hydroxylation is 2. The van der Waals surface area contributed by atoms with E-state index in [0.29, 0.717) is 0 Å². The van der Waals surface area contributed by atoms with Gasteiger partial charge in [-0.2, -0.15) is 5.10 Å². The molecule has 0 saturated carbocycles. The normalized spacial score (nSPS) is 12.6. The SMILES string of the molecule is CCNC(Cc1cc(CC)nn1C)c1ccc(F)cn1. The Bertz CT molecular complexity index is 548. The van der Waals surface area contributed by atoms with E-state index in [1.807, 2.05) is 11.7 Å². The predicted molar refractivity (Wildman–Crippen MR) is 76.9 cm³/mol. The third kappa shape index (κ3) is 3.42. The van der Waals surface area contributed by atoms with Crippen LogP contribution in [-0.2, 0) is 19.9 Å². The van der Waals surface area contributed by atoms with E-state index in [0.717, 1.165) is 36.5 Å². The lowest BCUT2D eigenvalue weighted by Gasteiger charge is -2.17. The monoisotopic (exact) mass is 276 g/mol. The molecule has 2 aromatic rings. The zero-order chi connectivity index (χ0) is 14.5. The van der Waals surface area contributed by atoms with Gasteiger partial charge >= 0.3 is 0 Å². The lowest BCUT2D eigenvalue weighted by molar-refractivity contribution is 0.514. The van der Waals surface area contributed by atoms with Crippen molar-refractivity contribution in [2.45, 2.75) is 32.7 Å². The second-order valence-corrected chi connectivity index (χ2v) is 4.82. The summed E-state index contributed by atoms with van der Waals surface area (Å²) in [7, 11) is 1.95. The maximum absolute atomic E-state index is 13.0. The zero-order valence-electron chi connectivity index (χ0n) is 12.2. The standard InChI is InChI=1S/C15H21FN4/c1-4-12-8-13(20(3)19-12)9-15(17-5-2)14-7-6-11(16)10-18-14/h6-8,10,15,17H,4-5,9H2,1-3H3. The molecule has 20 heavy (non-hydrogen) atoms. The Morgan fingerprint density at radius 1 is 1.35 bits per heavy atom. The summed E-state index contributed by atoms with van der Waals surface area (Å²) in [6.45, 7) is 4.98. The predicted octanol–water partition coefficient (Wildman–Crippen LogP) is 2.41. The van der Waals surface area contributed by atoms with Gasteiger partial charge in [-0.3, -0.25) is 9.67 Å². The fourth-order valence-corrected chi connectivity index (χ4v) is 2.27. The molecule has 0 aliphatic rings. The Kier molecular flexibility index (Phi) is 4.84. The van der Waals surface area contributed by atoms with Crippen LogP contribution in [0, 0.1) is 5.82 Å². The molecule has 2 aromatic heterocycles. The van der Waals surface area contributed by atoms with Crippen LogP contribution >= 0.6 is 0 Å². The van der Waals surface area contributed by atoms with E-state index in [4.69, 9.17) is 0 Å². The van der Waals surface area contributed by atoms with Gasteiger partial charge in [0.15, 0.2) is 0 Å². The van der Waals surface area contributed by atoms with Crippen molar-refractivity contribution in [3.05, 3.63) is 47.3 Å². The molecule has 0 saturated heterocycles. The molecule has 4 nitrogen and oxygen atoms in total. The average molecular weight is 276 g/mol. The molecule has 0 radical (unpaired) electrons. The van der Waals surface area contributed by atoms with Gasteiger partial charge in [-0.05, 0) is 31.2 Å². The van der Waals surface area contributed by atoms with E-state index in [1.165, 1.54) is 12.3 Å².